The van der Waals surface area contributed by atoms with Gasteiger partial charge in [-0.15, -0.1) is 0 Å². The Hall–Kier alpha value is -0.600. The molecule has 0 radical (unpaired) electrons. The van der Waals surface area contributed by atoms with Crippen molar-refractivity contribution in [3.8, 4) is 0 Å². The van der Waals surface area contributed by atoms with Crippen LogP contribution in [0.1, 0.15) is 32.8 Å². The summed E-state index contributed by atoms with van der Waals surface area (Å²) in [6, 6.07) is 4.73. The zero-order valence-corrected chi connectivity index (χ0v) is 10.7. The minimum Gasteiger partial charge on any atom is -0.393 e. The van der Waals surface area contributed by atoms with Crippen LogP contribution in [0.25, 0.3) is 0 Å². The molecule has 0 aromatic heterocycles. The fourth-order valence-corrected chi connectivity index (χ4v) is 2.21. The average Bonchev–Trinajstić information content (AvgIpc) is 2.07. The highest BCUT2D eigenvalue weighted by molar-refractivity contribution is 6.30. The van der Waals surface area contributed by atoms with Crippen molar-refractivity contribution in [3.05, 3.63) is 34.6 Å². The van der Waals surface area contributed by atoms with E-state index in [0.29, 0.717) is 23.4 Å². The molecule has 0 bridgehead atoms. The maximum absolute atomic E-state index is 13.6. The van der Waals surface area contributed by atoms with Crippen LogP contribution < -0.4 is 0 Å². The second-order valence-corrected chi connectivity index (χ2v) is 5.57. The highest BCUT2D eigenvalue weighted by atomic mass is 35.5. The summed E-state index contributed by atoms with van der Waals surface area (Å²) in [4.78, 5) is 0. The van der Waals surface area contributed by atoms with Gasteiger partial charge in [0, 0.05) is 5.02 Å². The first-order chi connectivity index (χ1) is 7.30. The molecule has 1 N–H and O–H groups in total. The van der Waals surface area contributed by atoms with Crippen LogP contribution in [0.4, 0.5) is 4.39 Å². The summed E-state index contributed by atoms with van der Waals surface area (Å²) in [5, 5.41) is 9.78. The first-order valence-corrected chi connectivity index (χ1v) is 5.80. The summed E-state index contributed by atoms with van der Waals surface area (Å²) >= 11 is 5.69. The van der Waals surface area contributed by atoms with Gasteiger partial charge in [0.1, 0.15) is 5.82 Å². The van der Waals surface area contributed by atoms with E-state index in [4.69, 9.17) is 11.6 Å². The van der Waals surface area contributed by atoms with E-state index in [1.807, 2.05) is 13.8 Å². The molecule has 0 aliphatic rings. The van der Waals surface area contributed by atoms with Gasteiger partial charge in [-0.1, -0.05) is 31.5 Å². The van der Waals surface area contributed by atoms with Crippen LogP contribution in [-0.4, -0.2) is 11.2 Å². The van der Waals surface area contributed by atoms with Crippen LogP contribution in [0.3, 0.4) is 0 Å². The van der Waals surface area contributed by atoms with Crippen molar-refractivity contribution in [3.63, 3.8) is 0 Å². The minimum absolute atomic E-state index is 0.122. The van der Waals surface area contributed by atoms with Crippen LogP contribution >= 0.6 is 11.6 Å². The molecule has 1 unspecified atom stereocenters. The van der Waals surface area contributed by atoms with Gasteiger partial charge in [-0.3, -0.25) is 0 Å². The molecule has 1 aromatic carbocycles. The summed E-state index contributed by atoms with van der Waals surface area (Å²) in [6.45, 7) is 5.79. The predicted molar refractivity (Wildman–Crippen MR) is 65.2 cm³/mol. The molecule has 0 amide bonds. The number of hydrogen-bond donors (Lipinski definition) is 1. The van der Waals surface area contributed by atoms with Crippen molar-refractivity contribution in [1.29, 1.82) is 0 Å². The standard InChI is InChI=1S/C13H18ClFO/c1-9(16)7-13(2,3)8-10-4-5-11(14)6-12(10)15/h4-6,9,16H,7-8H2,1-3H3. The molecule has 1 atom stereocenters. The lowest BCUT2D eigenvalue weighted by molar-refractivity contribution is 0.129. The maximum atomic E-state index is 13.6. The highest BCUT2D eigenvalue weighted by Gasteiger charge is 2.22. The average molecular weight is 245 g/mol. The summed E-state index contributed by atoms with van der Waals surface area (Å²) < 4.78 is 13.6. The summed E-state index contributed by atoms with van der Waals surface area (Å²) in [5.74, 6) is -0.272. The van der Waals surface area contributed by atoms with E-state index in [2.05, 4.69) is 0 Å². The van der Waals surface area contributed by atoms with E-state index in [1.165, 1.54) is 6.07 Å². The Morgan fingerprint density at radius 2 is 2.06 bits per heavy atom. The summed E-state index contributed by atoms with van der Waals surface area (Å²) in [5.41, 5.74) is 0.526. The van der Waals surface area contributed by atoms with Crippen LogP contribution in [0, 0.1) is 11.2 Å². The van der Waals surface area contributed by atoms with Gasteiger partial charge in [0.15, 0.2) is 0 Å². The van der Waals surface area contributed by atoms with E-state index in [9.17, 15) is 9.50 Å². The second-order valence-electron chi connectivity index (χ2n) is 5.13. The van der Waals surface area contributed by atoms with Crippen molar-refractivity contribution in [2.24, 2.45) is 5.41 Å². The molecule has 0 fully saturated rings. The van der Waals surface area contributed by atoms with Gasteiger partial charge >= 0.3 is 0 Å². The van der Waals surface area contributed by atoms with Crippen molar-refractivity contribution >= 4 is 11.6 Å². The van der Waals surface area contributed by atoms with E-state index in [1.54, 1.807) is 19.1 Å². The summed E-state index contributed by atoms with van der Waals surface area (Å²) in [6.07, 6.45) is 0.876. The molecular weight excluding hydrogens is 227 g/mol. The number of aliphatic hydroxyl groups excluding tert-OH is 1. The molecule has 0 saturated carbocycles. The van der Waals surface area contributed by atoms with Gasteiger partial charge in [0.2, 0.25) is 0 Å². The lowest BCUT2D eigenvalue weighted by Crippen LogP contribution is -2.21. The van der Waals surface area contributed by atoms with Crippen molar-refractivity contribution in [1.82, 2.24) is 0 Å². The molecule has 0 heterocycles. The number of benzene rings is 1. The van der Waals surface area contributed by atoms with E-state index in [0.717, 1.165) is 0 Å². The molecule has 0 saturated heterocycles. The molecule has 90 valence electrons. The molecular formula is C13H18ClFO. The largest absolute Gasteiger partial charge is 0.393 e. The predicted octanol–water partition coefficient (Wildman–Crippen LogP) is 3.82. The molecule has 1 nitrogen and oxygen atoms in total. The Morgan fingerprint density at radius 3 is 2.56 bits per heavy atom. The van der Waals surface area contributed by atoms with Gasteiger partial charge in [0.05, 0.1) is 6.10 Å². The number of aliphatic hydroxyl groups is 1. The van der Waals surface area contributed by atoms with Gasteiger partial charge < -0.3 is 5.11 Å². The van der Waals surface area contributed by atoms with Crippen LogP contribution in [0.15, 0.2) is 18.2 Å². The minimum atomic E-state index is -0.370. The molecule has 0 aliphatic carbocycles. The fraction of sp³-hybridized carbons (Fsp3) is 0.538. The SMILES string of the molecule is CC(O)CC(C)(C)Cc1ccc(Cl)cc1F. The van der Waals surface area contributed by atoms with Crippen LogP contribution in [-0.2, 0) is 6.42 Å². The Balaban J connectivity index is 2.79. The van der Waals surface area contributed by atoms with E-state index < -0.39 is 0 Å². The summed E-state index contributed by atoms with van der Waals surface area (Å²) in [7, 11) is 0. The molecule has 3 heteroatoms. The number of rotatable bonds is 4. The molecule has 0 aliphatic heterocycles. The number of hydrogen-bond acceptors (Lipinski definition) is 1. The Labute approximate surface area is 101 Å². The lowest BCUT2D eigenvalue weighted by Gasteiger charge is -2.26. The highest BCUT2D eigenvalue weighted by Crippen LogP contribution is 2.29. The monoisotopic (exact) mass is 244 g/mol. The van der Waals surface area contributed by atoms with Gasteiger partial charge in [0.25, 0.3) is 0 Å². The van der Waals surface area contributed by atoms with E-state index >= 15 is 0 Å². The first kappa shape index (κ1) is 13.5. The normalized spacial score (nSPS) is 13.9. The molecule has 0 spiro atoms. The van der Waals surface area contributed by atoms with Gasteiger partial charge in [-0.05, 0) is 42.9 Å². The Bertz CT molecular complexity index is 361. The third-order valence-corrected chi connectivity index (χ3v) is 2.77. The molecule has 1 aromatic rings. The van der Waals surface area contributed by atoms with Gasteiger partial charge in [-0.25, -0.2) is 4.39 Å². The second kappa shape index (κ2) is 5.15. The van der Waals surface area contributed by atoms with Crippen molar-refractivity contribution < 1.29 is 9.50 Å². The zero-order valence-electron chi connectivity index (χ0n) is 9.93. The van der Waals surface area contributed by atoms with Gasteiger partial charge in [-0.2, -0.15) is 0 Å². The Kier molecular flexibility index (Phi) is 4.34. The van der Waals surface area contributed by atoms with Crippen LogP contribution in [0.5, 0.6) is 0 Å². The van der Waals surface area contributed by atoms with E-state index in [-0.39, 0.29) is 17.3 Å². The van der Waals surface area contributed by atoms with Crippen LogP contribution in [0.2, 0.25) is 5.02 Å². The zero-order chi connectivity index (χ0) is 12.3. The number of halogens is 2. The lowest BCUT2D eigenvalue weighted by atomic mass is 9.81. The topological polar surface area (TPSA) is 20.2 Å². The first-order valence-electron chi connectivity index (χ1n) is 5.42. The van der Waals surface area contributed by atoms with Crippen molar-refractivity contribution in [2.75, 3.05) is 0 Å². The Morgan fingerprint density at radius 1 is 1.44 bits per heavy atom. The van der Waals surface area contributed by atoms with Crippen molar-refractivity contribution in [2.45, 2.75) is 39.7 Å². The third kappa shape index (κ3) is 4.11. The smallest absolute Gasteiger partial charge is 0.127 e. The third-order valence-electron chi connectivity index (χ3n) is 2.53. The quantitative estimate of drug-likeness (QED) is 0.854. The maximum Gasteiger partial charge on any atom is 0.127 e. The molecule has 1 rings (SSSR count). The fourth-order valence-electron chi connectivity index (χ4n) is 2.05. The molecule has 16 heavy (non-hydrogen) atoms.